The van der Waals surface area contributed by atoms with Crippen LogP contribution in [0.25, 0.3) is 0 Å². The van der Waals surface area contributed by atoms with Crippen LogP contribution >= 0.6 is 23.2 Å². The van der Waals surface area contributed by atoms with Gasteiger partial charge in [0.25, 0.3) is 5.91 Å². The van der Waals surface area contributed by atoms with Crippen LogP contribution in [0.15, 0.2) is 42.7 Å². The van der Waals surface area contributed by atoms with Gasteiger partial charge in [-0.3, -0.25) is 9.78 Å². The van der Waals surface area contributed by atoms with Gasteiger partial charge < -0.3 is 5.32 Å². The predicted octanol–water partition coefficient (Wildman–Crippen LogP) is 3.88. The van der Waals surface area contributed by atoms with E-state index in [0.717, 1.165) is 5.56 Å². The van der Waals surface area contributed by atoms with Crippen LogP contribution in [-0.4, -0.2) is 10.9 Å². The average molecular weight is 295 g/mol. The molecular weight excluding hydrogens is 283 g/mol. The Morgan fingerprint density at radius 1 is 1.21 bits per heavy atom. The molecule has 3 nitrogen and oxygen atoms in total. The maximum Gasteiger partial charge on any atom is 0.251 e. The predicted molar refractivity (Wildman–Crippen MR) is 76.6 cm³/mol. The Hall–Kier alpha value is -1.58. The second-order valence-electron chi connectivity index (χ2n) is 4.10. The van der Waals surface area contributed by atoms with Crippen molar-refractivity contribution in [1.82, 2.24) is 10.3 Å². The number of hydrogen-bond donors (Lipinski definition) is 1. The van der Waals surface area contributed by atoms with E-state index in [1.807, 2.05) is 13.0 Å². The number of halogens is 2. The van der Waals surface area contributed by atoms with Crippen molar-refractivity contribution in [2.75, 3.05) is 0 Å². The van der Waals surface area contributed by atoms with Gasteiger partial charge in [-0.25, -0.2) is 0 Å². The summed E-state index contributed by atoms with van der Waals surface area (Å²) in [5, 5.41) is 3.99. The van der Waals surface area contributed by atoms with Crippen LogP contribution in [0.1, 0.15) is 28.9 Å². The van der Waals surface area contributed by atoms with E-state index in [-0.39, 0.29) is 11.9 Å². The molecule has 1 atom stereocenters. The summed E-state index contributed by atoms with van der Waals surface area (Å²) in [6.07, 6.45) is 3.16. The molecule has 98 valence electrons. The van der Waals surface area contributed by atoms with Gasteiger partial charge in [-0.15, -0.1) is 0 Å². The Bertz CT molecular complexity index is 587. The maximum atomic E-state index is 12.0. The van der Waals surface area contributed by atoms with Crippen LogP contribution in [0.3, 0.4) is 0 Å². The number of benzene rings is 1. The number of nitrogens with one attached hydrogen (secondary N) is 1. The smallest absolute Gasteiger partial charge is 0.251 e. The minimum Gasteiger partial charge on any atom is -0.345 e. The first-order valence-electron chi connectivity index (χ1n) is 5.74. The molecule has 2 rings (SSSR count). The van der Waals surface area contributed by atoms with Crippen LogP contribution in [0.5, 0.6) is 0 Å². The molecule has 0 aliphatic rings. The molecule has 0 bridgehead atoms. The minimum atomic E-state index is -0.203. The van der Waals surface area contributed by atoms with Gasteiger partial charge in [-0.1, -0.05) is 29.3 Å². The van der Waals surface area contributed by atoms with Crippen molar-refractivity contribution in [3.8, 4) is 0 Å². The van der Waals surface area contributed by atoms with Gasteiger partial charge in [0, 0.05) is 28.0 Å². The molecule has 0 fully saturated rings. The van der Waals surface area contributed by atoms with Crippen molar-refractivity contribution in [2.45, 2.75) is 13.0 Å². The third-order valence-corrected chi connectivity index (χ3v) is 3.28. The van der Waals surface area contributed by atoms with Gasteiger partial charge in [0.15, 0.2) is 0 Å². The van der Waals surface area contributed by atoms with Gasteiger partial charge in [0.1, 0.15) is 0 Å². The molecule has 0 spiro atoms. The van der Waals surface area contributed by atoms with E-state index in [1.165, 1.54) is 0 Å². The highest BCUT2D eigenvalue weighted by Gasteiger charge is 2.13. The number of nitrogens with zero attached hydrogens (tertiary/aromatic N) is 1. The summed E-state index contributed by atoms with van der Waals surface area (Å²) < 4.78 is 0. The number of pyridine rings is 1. The Morgan fingerprint density at radius 3 is 2.53 bits per heavy atom. The molecule has 0 radical (unpaired) electrons. The fraction of sp³-hybridized carbons (Fsp3) is 0.143. The molecule has 5 heteroatoms. The van der Waals surface area contributed by atoms with Gasteiger partial charge in [-0.05, 0) is 36.8 Å². The van der Waals surface area contributed by atoms with Crippen molar-refractivity contribution in [3.05, 3.63) is 63.9 Å². The first-order valence-corrected chi connectivity index (χ1v) is 6.49. The lowest BCUT2D eigenvalue weighted by atomic mass is 10.1. The van der Waals surface area contributed by atoms with Crippen molar-refractivity contribution in [3.63, 3.8) is 0 Å². The first-order chi connectivity index (χ1) is 9.08. The quantitative estimate of drug-likeness (QED) is 0.933. The van der Waals surface area contributed by atoms with Gasteiger partial charge >= 0.3 is 0 Å². The number of rotatable bonds is 3. The summed E-state index contributed by atoms with van der Waals surface area (Å²) in [6.45, 7) is 1.87. The van der Waals surface area contributed by atoms with Gasteiger partial charge in [0.05, 0.1) is 6.04 Å². The highest BCUT2D eigenvalue weighted by atomic mass is 35.5. The van der Waals surface area contributed by atoms with E-state index in [1.54, 1.807) is 36.7 Å². The lowest BCUT2D eigenvalue weighted by Gasteiger charge is -2.16. The molecular formula is C14H12Cl2N2O. The molecule has 1 unspecified atom stereocenters. The zero-order valence-electron chi connectivity index (χ0n) is 10.2. The fourth-order valence-corrected chi connectivity index (χ4v) is 2.29. The van der Waals surface area contributed by atoms with E-state index in [2.05, 4.69) is 10.3 Å². The normalized spacial score (nSPS) is 11.9. The second kappa shape index (κ2) is 6.04. The lowest BCUT2D eigenvalue weighted by Crippen LogP contribution is -2.26. The van der Waals surface area contributed by atoms with E-state index < -0.39 is 0 Å². The highest BCUT2D eigenvalue weighted by Crippen LogP contribution is 2.26. The largest absolute Gasteiger partial charge is 0.345 e. The molecule has 19 heavy (non-hydrogen) atoms. The fourth-order valence-electron chi connectivity index (χ4n) is 1.71. The average Bonchev–Trinajstić information content (AvgIpc) is 2.39. The minimum absolute atomic E-state index is 0.166. The monoisotopic (exact) mass is 294 g/mol. The summed E-state index contributed by atoms with van der Waals surface area (Å²) in [5.41, 5.74) is 1.39. The molecule has 0 aliphatic heterocycles. The Labute approximate surface area is 121 Å². The number of hydrogen-bond acceptors (Lipinski definition) is 2. The molecule has 0 saturated heterocycles. The summed E-state index contributed by atoms with van der Waals surface area (Å²) >= 11 is 12.0. The molecule has 1 amide bonds. The third kappa shape index (κ3) is 3.46. The summed E-state index contributed by atoms with van der Waals surface area (Å²) in [7, 11) is 0. The first kappa shape index (κ1) is 13.8. The van der Waals surface area contributed by atoms with Crippen molar-refractivity contribution >= 4 is 29.1 Å². The third-order valence-electron chi connectivity index (χ3n) is 2.72. The van der Waals surface area contributed by atoms with Crippen LogP contribution in [0.4, 0.5) is 0 Å². The highest BCUT2D eigenvalue weighted by molar-refractivity contribution is 6.35. The standard InChI is InChI=1S/C14H12Cl2N2O/c1-9(12-3-2-11(15)8-13(12)16)18-14(19)10-4-6-17-7-5-10/h2-9H,1H3,(H,18,19). The van der Waals surface area contributed by atoms with E-state index in [4.69, 9.17) is 23.2 Å². The van der Waals surface area contributed by atoms with Crippen molar-refractivity contribution in [2.24, 2.45) is 0 Å². The number of amides is 1. The van der Waals surface area contributed by atoms with Gasteiger partial charge in [0.2, 0.25) is 0 Å². The SMILES string of the molecule is CC(NC(=O)c1ccncc1)c1ccc(Cl)cc1Cl. The molecule has 0 saturated carbocycles. The molecule has 1 N–H and O–H groups in total. The molecule has 1 aromatic carbocycles. The van der Waals surface area contributed by atoms with Crippen LogP contribution in [0, 0.1) is 0 Å². The van der Waals surface area contributed by atoms with Gasteiger partial charge in [-0.2, -0.15) is 0 Å². The van der Waals surface area contributed by atoms with Crippen LogP contribution < -0.4 is 5.32 Å². The number of carbonyl (C=O) groups excluding carboxylic acids is 1. The Kier molecular flexibility index (Phi) is 4.40. The van der Waals surface area contributed by atoms with E-state index in [0.29, 0.717) is 15.6 Å². The summed E-state index contributed by atoms with van der Waals surface area (Å²) in [6, 6.07) is 8.33. The summed E-state index contributed by atoms with van der Waals surface area (Å²) in [4.78, 5) is 15.9. The van der Waals surface area contributed by atoms with Crippen molar-refractivity contribution < 1.29 is 4.79 Å². The topological polar surface area (TPSA) is 42.0 Å². The van der Waals surface area contributed by atoms with E-state index >= 15 is 0 Å². The molecule has 2 aromatic rings. The van der Waals surface area contributed by atoms with Crippen LogP contribution in [-0.2, 0) is 0 Å². The molecule has 1 heterocycles. The lowest BCUT2D eigenvalue weighted by molar-refractivity contribution is 0.0940. The summed E-state index contributed by atoms with van der Waals surface area (Å²) in [5.74, 6) is -0.166. The van der Waals surface area contributed by atoms with Crippen LogP contribution in [0.2, 0.25) is 10.0 Å². The number of carbonyl (C=O) groups is 1. The Balaban J connectivity index is 2.13. The zero-order chi connectivity index (χ0) is 13.8. The zero-order valence-corrected chi connectivity index (χ0v) is 11.7. The van der Waals surface area contributed by atoms with Crippen molar-refractivity contribution in [1.29, 1.82) is 0 Å². The van der Waals surface area contributed by atoms with E-state index in [9.17, 15) is 4.79 Å². The molecule has 1 aromatic heterocycles. The maximum absolute atomic E-state index is 12.0. The number of aromatic nitrogens is 1. The second-order valence-corrected chi connectivity index (χ2v) is 4.94. The molecule has 0 aliphatic carbocycles. The Morgan fingerprint density at radius 2 is 1.89 bits per heavy atom.